The van der Waals surface area contributed by atoms with Crippen LogP contribution in [0, 0.1) is 25.2 Å². The standard InChI is InChI=1S/C28H32N10O4/c1-16-6-7-21-20(13-30-34-21)24(16)38-17(2)31-22-23(26(38)39)32-27(42-15-19-5-4-10-35(19)3)33-25(22)36-11-12-37(28(40)41)18(14-36)8-9-29/h6-7,13,18-19H,4-5,8,10-12,14-15H2,1-3H3,(H,30,34)(H,40,41)/t18-,19-/m0/s1. The normalized spacial score (nSPS) is 19.5. The summed E-state index contributed by atoms with van der Waals surface area (Å²) < 4.78 is 7.65. The Labute approximate surface area is 241 Å². The summed E-state index contributed by atoms with van der Waals surface area (Å²) in [5.74, 6) is 0.821. The van der Waals surface area contributed by atoms with E-state index in [2.05, 4.69) is 33.2 Å². The van der Waals surface area contributed by atoms with Crippen LogP contribution in [0.15, 0.2) is 23.1 Å². The number of nitriles is 1. The van der Waals surface area contributed by atoms with Gasteiger partial charge in [-0.15, -0.1) is 0 Å². The van der Waals surface area contributed by atoms with Crippen molar-refractivity contribution in [3.63, 3.8) is 0 Å². The largest absolute Gasteiger partial charge is 0.465 e. The molecule has 0 bridgehead atoms. The zero-order valence-corrected chi connectivity index (χ0v) is 23.7. The summed E-state index contributed by atoms with van der Waals surface area (Å²) in [7, 11) is 2.05. The van der Waals surface area contributed by atoms with Crippen molar-refractivity contribution in [1.29, 1.82) is 5.26 Å². The molecular weight excluding hydrogens is 540 g/mol. The number of rotatable bonds is 6. The maximum Gasteiger partial charge on any atom is 0.407 e. The summed E-state index contributed by atoms with van der Waals surface area (Å²) >= 11 is 0. The van der Waals surface area contributed by atoms with Gasteiger partial charge in [-0.05, 0) is 51.9 Å². The number of hydrogen-bond donors (Lipinski definition) is 2. The summed E-state index contributed by atoms with van der Waals surface area (Å²) in [4.78, 5) is 45.6. The second-order valence-electron chi connectivity index (χ2n) is 10.9. The Morgan fingerprint density at radius 2 is 2.00 bits per heavy atom. The second-order valence-corrected chi connectivity index (χ2v) is 10.9. The van der Waals surface area contributed by atoms with Gasteiger partial charge in [0.2, 0.25) is 0 Å². The number of likely N-dealkylation sites (N-methyl/N-ethyl adjacent to an activating group) is 1. The first-order chi connectivity index (χ1) is 20.3. The fourth-order valence-corrected chi connectivity index (χ4v) is 6.04. The molecule has 2 atom stereocenters. The summed E-state index contributed by atoms with van der Waals surface area (Å²) in [6, 6.07) is 5.62. The molecule has 14 heteroatoms. The Hall–Kier alpha value is -4.77. The lowest BCUT2D eigenvalue weighted by atomic mass is 10.1. The molecule has 5 heterocycles. The van der Waals surface area contributed by atoms with E-state index in [9.17, 15) is 20.0 Å². The van der Waals surface area contributed by atoms with Crippen molar-refractivity contribution in [3.8, 4) is 17.8 Å². The third-order valence-corrected chi connectivity index (χ3v) is 8.30. The minimum Gasteiger partial charge on any atom is -0.465 e. The van der Waals surface area contributed by atoms with Gasteiger partial charge in [-0.2, -0.15) is 20.3 Å². The molecule has 0 saturated carbocycles. The number of aromatic amines is 1. The number of aryl methyl sites for hydroxylation is 2. The fraction of sp³-hybridized carbons (Fsp3) is 0.464. The predicted octanol–water partition coefficient (Wildman–Crippen LogP) is 2.22. The average Bonchev–Trinajstić information content (AvgIpc) is 3.61. The van der Waals surface area contributed by atoms with Crippen LogP contribution in [0.25, 0.3) is 27.6 Å². The van der Waals surface area contributed by atoms with Crippen molar-refractivity contribution < 1.29 is 14.6 Å². The number of benzene rings is 1. The molecule has 2 aliphatic heterocycles. The first kappa shape index (κ1) is 27.4. The van der Waals surface area contributed by atoms with E-state index in [1.807, 2.05) is 24.0 Å². The topological polar surface area (TPSA) is 169 Å². The summed E-state index contributed by atoms with van der Waals surface area (Å²) in [5, 5.41) is 27.0. The third kappa shape index (κ3) is 4.75. The zero-order chi connectivity index (χ0) is 29.5. The first-order valence-electron chi connectivity index (χ1n) is 14.0. The van der Waals surface area contributed by atoms with Gasteiger partial charge < -0.3 is 24.5 Å². The monoisotopic (exact) mass is 572 g/mol. The molecule has 0 aliphatic carbocycles. The number of nitrogens with one attached hydrogen (secondary N) is 1. The van der Waals surface area contributed by atoms with Crippen molar-refractivity contribution in [3.05, 3.63) is 40.1 Å². The Morgan fingerprint density at radius 3 is 2.74 bits per heavy atom. The number of likely N-dealkylation sites (tertiary alicyclic amines) is 1. The Bertz CT molecular complexity index is 1780. The molecule has 2 fully saturated rings. The second kappa shape index (κ2) is 10.9. The number of piperazine rings is 1. The molecule has 1 aromatic carbocycles. The van der Waals surface area contributed by atoms with Gasteiger partial charge in [-0.25, -0.2) is 9.78 Å². The third-order valence-electron chi connectivity index (χ3n) is 8.30. The summed E-state index contributed by atoms with van der Waals surface area (Å²) in [6.07, 6.45) is 2.70. The van der Waals surface area contributed by atoms with Gasteiger partial charge in [0, 0.05) is 31.1 Å². The molecule has 14 nitrogen and oxygen atoms in total. The predicted molar refractivity (Wildman–Crippen MR) is 154 cm³/mol. The lowest BCUT2D eigenvalue weighted by Gasteiger charge is -2.39. The minimum absolute atomic E-state index is 0.0242. The average molecular weight is 573 g/mol. The molecule has 1 amide bonds. The molecule has 2 N–H and O–H groups in total. The van der Waals surface area contributed by atoms with Crippen LogP contribution in [-0.4, -0.2) is 103 Å². The van der Waals surface area contributed by atoms with Crippen molar-refractivity contribution in [1.82, 2.24) is 39.5 Å². The quantitative estimate of drug-likeness (QED) is 0.347. The van der Waals surface area contributed by atoms with Crippen molar-refractivity contribution in [2.75, 3.05) is 44.7 Å². The van der Waals surface area contributed by atoms with E-state index >= 15 is 0 Å². The molecule has 3 aromatic heterocycles. The van der Waals surface area contributed by atoms with Gasteiger partial charge in [0.15, 0.2) is 11.3 Å². The molecular formula is C28H32N10O4. The lowest BCUT2D eigenvalue weighted by Crippen LogP contribution is -2.55. The van der Waals surface area contributed by atoms with Crippen molar-refractivity contribution in [2.45, 2.75) is 45.2 Å². The molecule has 2 aliphatic rings. The Morgan fingerprint density at radius 1 is 1.17 bits per heavy atom. The number of aromatic nitrogens is 6. The first-order valence-corrected chi connectivity index (χ1v) is 14.0. The zero-order valence-electron chi connectivity index (χ0n) is 23.7. The van der Waals surface area contributed by atoms with E-state index in [-0.39, 0.29) is 42.6 Å². The van der Waals surface area contributed by atoms with Gasteiger partial charge in [0.25, 0.3) is 5.56 Å². The SMILES string of the molecule is Cc1ccc2[nH]ncc2c1-n1c(C)nc2c(N3CCN(C(=O)O)[C@@H](CC#N)C3)nc(OC[C@@H]3CCCN3C)nc2c1=O. The number of amides is 1. The highest BCUT2D eigenvalue weighted by molar-refractivity contribution is 5.90. The minimum atomic E-state index is -1.08. The van der Waals surface area contributed by atoms with Crippen LogP contribution in [0.4, 0.5) is 10.6 Å². The van der Waals surface area contributed by atoms with Crippen LogP contribution < -0.4 is 15.2 Å². The Balaban J connectivity index is 1.50. The van der Waals surface area contributed by atoms with Crippen LogP contribution in [0.1, 0.15) is 30.7 Å². The van der Waals surface area contributed by atoms with Crippen molar-refractivity contribution >= 4 is 33.8 Å². The molecule has 6 rings (SSSR count). The highest BCUT2D eigenvalue weighted by Crippen LogP contribution is 2.29. The molecule has 2 saturated heterocycles. The van der Waals surface area contributed by atoms with Gasteiger partial charge in [0.05, 0.1) is 35.9 Å². The van der Waals surface area contributed by atoms with Gasteiger partial charge in [0.1, 0.15) is 17.9 Å². The Kier molecular flexibility index (Phi) is 7.11. The number of H-pyrrole nitrogens is 1. The number of nitrogens with zero attached hydrogens (tertiary/aromatic N) is 9. The lowest BCUT2D eigenvalue weighted by molar-refractivity contribution is 0.119. The molecule has 42 heavy (non-hydrogen) atoms. The van der Waals surface area contributed by atoms with Gasteiger partial charge >= 0.3 is 12.1 Å². The number of carbonyl (C=O) groups is 1. The number of carboxylic acid groups (broad SMARTS) is 1. The van der Waals surface area contributed by atoms with Gasteiger partial charge in [-0.3, -0.25) is 14.5 Å². The van der Waals surface area contributed by atoms with E-state index in [0.717, 1.165) is 35.9 Å². The van der Waals surface area contributed by atoms with Crippen LogP contribution in [-0.2, 0) is 0 Å². The van der Waals surface area contributed by atoms with Crippen LogP contribution in [0.3, 0.4) is 0 Å². The van der Waals surface area contributed by atoms with Crippen LogP contribution in [0.2, 0.25) is 0 Å². The number of ether oxygens (including phenoxy) is 1. The highest BCUT2D eigenvalue weighted by atomic mass is 16.5. The highest BCUT2D eigenvalue weighted by Gasteiger charge is 2.33. The summed E-state index contributed by atoms with van der Waals surface area (Å²) in [5.41, 5.74) is 2.34. The molecule has 0 spiro atoms. The van der Waals surface area contributed by atoms with E-state index < -0.39 is 12.1 Å². The molecule has 0 unspecified atom stereocenters. The van der Waals surface area contributed by atoms with Gasteiger partial charge in [-0.1, -0.05) is 6.07 Å². The number of fused-ring (bicyclic) bond motifs is 2. The van der Waals surface area contributed by atoms with E-state index in [0.29, 0.717) is 36.0 Å². The smallest absolute Gasteiger partial charge is 0.407 e. The molecule has 218 valence electrons. The van der Waals surface area contributed by atoms with Crippen molar-refractivity contribution in [2.24, 2.45) is 0 Å². The maximum absolute atomic E-state index is 14.3. The number of anilines is 1. The van der Waals surface area contributed by atoms with E-state index in [1.165, 1.54) is 4.90 Å². The summed E-state index contributed by atoms with van der Waals surface area (Å²) in [6.45, 7) is 5.73. The molecule has 0 radical (unpaired) electrons. The van der Waals surface area contributed by atoms with E-state index in [1.54, 1.807) is 17.7 Å². The maximum atomic E-state index is 14.3. The van der Waals surface area contributed by atoms with E-state index in [4.69, 9.17) is 14.7 Å². The number of hydrogen-bond acceptors (Lipinski definition) is 10. The molecule has 4 aromatic rings. The van der Waals surface area contributed by atoms with Crippen LogP contribution >= 0.6 is 0 Å². The van der Waals surface area contributed by atoms with Crippen LogP contribution in [0.5, 0.6) is 6.01 Å². The fourth-order valence-electron chi connectivity index (χ4n) is 6.04.